The molecule has 2 aromatic rings. The summed E-state index contributed by atoms with van der Waals surface area (Å²) in [4.78, 5) is 10.5. The quantitative estimate of drug-likeness (QED) is 0.623. The Morgan fingerprint density at radius 1 is 1.11 bits per heavy atom. The van der Waals surface area contributed by atoms with E-state index in [9.17, 15) is 18.9 Å². The second-order valence-corrected chi connectivity index (χ2v) is 4.55. The predicted octanol–water partition coefficient (Wildman–Crippen LogP) is 4.02. The summed E-state index contributed by atoms with van der Waals surface area (Å²) in [6.45, 7) is 0. The van der Waals surface area contributed by atoms with Gasteiger partial charge in [0.25, 0.3) is 5.69 Å². The van der Waals surface area contributed by atoms with E-state index in [4.69, 9.17) is 0 Å². The fraction of sp³-hybridized carbons (Fsp3) is 0. The molecule has 0 bridgehead atoms. The minimum Gasteiger partial charge on any atom is -0.258 e. The third kappa shape index (κ3) is 2.84. The van der Waals surface area contributed by atoms with Gasteiger partial charge < -0.3 is 0 Å². The first-order chi connectivity index (χ1) is 8.56. The van der Waals surface area contributed by atoms with E-state index in [1.54, 1.807) is 6.07 Å². The molecule has 3 nitrogen and oxygen atoms in total. The van der Waals surface area contributed by atoms with Crippen LogP contribution in [0.25, 0.3) is 0 Å². The van der Waals surface area contributed by atoms with Crippen LogP contribution < -0.4 is 0 Å². The van der Waals surface area contributed by atoms with Crippen LogP contribution in [0, 0.1) is 21.7 Å². The molecule has 0 aromatic heterocycles. The lowest BCUT2D eigenvalue weighted by molar-refractivity contribution is -0.385. The molecule has 0 N–H and O–H groups in total. The summed E-state index contributed by atoms with van der Waals surface area (Å²) in [5.41, 5.74) is -0.353. The first kappa shape index (κ1) is 12.5. The molecular formula is C12H7F2NO2S. The second kappa shape index (κ2) is 5.14. The van der Waals surface area contributed by atoms with Gasteiger partial charge in [-0.3, -0.25) is 10.1 Å². The minimum absolute atomic E-state index is 0.284. The average molecular weight is 267 g/mol. The van der Waals surface area contributed by atoms with Crippen molar-refractivity contribution in [3.05, 3.63) is 64.2 Å². The largest absolute Gasteiger partial charge is 0.273 e. The van der Waals surface area contributed by atoms with Crippen molar-refractivity contribution in [1.82, 2.24) is 0 Å². The first-order valence-corrected chi connectivity index (χ1v) is 5.75. The van der Waals surface area contributed by atoms with Crippen molar-refractivity contribution in [1.29, 1.82) is 0 Å². The smallest absolute Gasteiger partial charge is 0.258 e. The highest BCUT2D eigenvalue weighted by Gasteiger charge is 2.11. The summed E-state index contributed by atoms with van der Waals surface area (Å²) in [5, 5.41) is 10.6. The van der Waals surface area contributed by atoms with Crippen molar-refractivity contribution >= 4 is 17.4 Å². The van der Waals surface area contributed by atoms with Gasteiger partial charge in [0.1, 0.15) is 11.6 Å². The maximum Gasteiger partial charge on any atom is 0.273 e. The molecule has 0 unspecified atom stereocenters. The van der Waals surface area contributed by atoms with Crippen molar-refractivity contribution in [2.75, 3.05) is 0 Å². The maximum atomic E-state index is 13.4. The lowest BCUT2D eigenvalue weighted by Gasteiger charge is -2.03. The Kier molecular flexibility index (Phi) is 3.57. The van der Waals surface area contributed by atoms with Crippen molar-refractivity contribution in [2.24, 2.45) is 0 Å². The van der Waals surface area contributed by atoms with E-state index in [-0.39, 0.29) is 15.5 Å². The molecule has 0 saturated heterocycles. The Labute approximate surface area is 106 Å². The number of halogens is 2. The zero-order chi connectivity index (χ0) is 13.1. The van der Waals surface area contributed by atoms with Crippen LogP contribution in [-0.2, 0) is 0 Å². The van der Waals surface area contributed by atoms with Gasteiger partial charge in [-0.25, -0.2) is 8.78 Å². The van der Waals surface area contributed by atoms with E-state index in [1.807, 2.05) is 0 Å². The zero-order valence-electron chi connectivity index (χ0n) is 8.97. The van der Waals surface area contributed by atoms with E-state index in [1.165, 1.54) is 24.3 Å². The molecule has 0 spiro atoms. The molecule has 0 aliphatic rings. The number of hydrogen-bond acceptors (Lipinski definition) is 3. The standard InChI is InChI=1S/C12H7F2NO2S/c13-8-5-9(15(16)17)7-10(6-8)18-12-4-2-1-3-11(12)14/h1-7H. The number of nitrogens with zero attached hydrogens (tertiary/aromatic N) is 1. The number of hydrogen-bond donors (Lipinski definition) is 0. The van der Waals surface area contributed by atoms with Gasteiger partial charge in [0, 0.05) is 15.9 Å². The Morgan fingerprint density at radius 3 is 2.50 bits per heavy atom. The molecule has 6 heteroatoms. The third-order valence-electron chi connectivity index (χ3n) is 2.13. The fourth-order valence-electron chi connectivity index (χ4n) is 1.37. The van der Waals surface area contributed by atoms with Crippen LogP contribution in [0.1, 0.15) is 0 Å². The Morgan fingerprint density at radius 2 is 1.83 bits per heavy atom. The van der Waals surface area contributed by atoms with Crippen LogP contribution in [0.15, 0.2) is 52.3 Å². The Balaban J connectivity index is 2.35. The lowest BCUT2D eigenvalue weighted by Crippen LogP contribution is -1.90. The van der Waals surface area contributed by atoms with Crippen LogP contribution in [0.4, 0.5) is 14.5 Å². The predicted molar refractivity (Wildman–Crippen MR) is 63.6 cm³/mol. The van der Waals surface area contributed by atoms with Gasteiger partial charge in [-0.05, 0) is 18.2 Å². The summed E-state index contributed by atoms with van der Waals surface area (Å²) < 4.78 is 26.6. The summed E-state index contributed by atoms with van der Waals surface area (Å²) in [5.74, 6) is -1.17. The van der Waals surface area contributed by atoms with E-state index in [2.05, 4.69) is 0 Å². The van der Waals surface area contributed by atoms with Crippen molar-refractivity contribution < 1.29 is 13.7 Å². The molecule has 0 radical (unpaired) electrons. The molecule has 2 aromatic carbocycles. The second-order valence-electron chi connectivity index (χ2n) is 3.43. The van der Waals surface area contributed by atoms with Gasteiger partial charge in [0.2, 0.25) is 0 Å². The Hall–Kier alpha value is -1.95. The molecule has 0 atom stereocenters. The van der Waals surface area contributed by atoms with E-state index < -0.39 is 16.6 Å². The molecule has 0 saturated carbocycles. The normalized spacial score (nSPS) is 10.3. The molecular weight excluding hydrogens is 260 g/mol. The first-order valence-electron chi connectivity index (χ1n) is 4.93. The molecule has 0 aliphatic carbocycles. The highest BCUT2D eigenvalue weighted by atomic mass is 32.2. The van der Waals surface area contributed by atoms with Crippen LogP contribution in [-0.4, -0.2) is 4.92 Å². The third-order valence-corrected chi connectivity index (χ3v) is 3.15. The molecule has 2 rings (SSSR count). The monoisotopic (exact) mass is 267 g/mol. The number of nitro groups is 1. The number of nitro benzene ring substituents is 1. The van der Waals surface area contributed by atoms with Crippen molar-refractivity contribution in [3.63, 3.8) is 0 Å². The van der Waals surface area contributed by atoms with Gasteiger partial charge in [-0.2, -0.15) is 0 Å². The maximum absolute atomic E-state index is 13.4. The van der Waals surface area contributed by atoms with Crippen LogP contribution in [0.5, 0.6) is 0 Å². The summed E-state index contributed by atoms with van der Waals surface area (Å²) >= 11 is 0.941. The lowest BCUT2D eigenvalue weighted by atomic mass is 10.3. The van der Waals surface area contributed by atoms with Gasteiger partial charge in [-0.1, -0.05) is 23.9 Å². The number of benzene rings is 2. The van der Waals surface area contributed by atoms with Gasteiger partial charge in [-0.15, -0.1) is 0 Å². The molecule has 0 amide bonds. The highest BCUT2D eigenvalue weighted by molar-refractivity contribution is 7.99. The molecule has 0 heterocycles. The summed E-state index contributed by atoms with van der Waals surface area (Å²) in [7, 11) is 0. The summed E-state index contributed by atoms with van der Waals surface area (Å²) in [6, 6.07) is 9.13. The van der Waals surface area contributed by atoms with Crippen LogP contribution in [0.2, 0.25) is 0 Å². The SMILES string of the molecule is O=[N+]([O-])c1cc(F)cc(Sc2ccccc2F)c1. The van der Waals surface area contributed by atoms with Gasteiger partial charge >= 0.3 is 0 Å². The van der Waals surface area contributed by atoms with E-state index >= 15 is 0 Å². The van der Waals surface area contributed by atoms with Crippen molar-refractivity contribution in [2.45, 2.75) is 9.79 Å². The number of non-ortho nitro benzene ring substituents is 1. The van der Waals surface area contributed by atoms with Crippen LogP contribution >= 0.6 is 11.8 Å². The zero-order valence-corrected chi connectivity index (χ0v) is 9.79. The van der Waals surface area contributed by atoms with Crippen LogP contribution in [0.3, 0.4) is 0 Å². The molecule has 0 fully saturated rings. The molecule has 92 valence electrons. The summed E-state index contributed by atoms with van der Waals surface area (Å²) in [6.07, 6.45) is 0. The minimum atomic E-state index is -0.719. The number of rotatable bonds is 3. The Bertz CT molecular complexity index is 604. The van der Waals surface area contributed by atoms with Gasteiger partial charge in [0.05, 0.1) is 11.0 Å². The molecule has 0 aliphatic heterocycles. The van der Waals surface area contributed by atoms with Crippen molar-refractivity contribution in [3.8, 4) is 0 Å². The highest BCUT2D eigenvalue weighted by Crippen LogP contribution is 2.32. The van der Waals surface area contributed by atoms with Gasteiger partial charge in [0.15, 0.2) is 0 Å². The topological polar surface area (TPSA) is 43.1 Å². The van der Waals surface area contributed by atoms with E-state index in [0.29, 0.717) is 0 Å². The average Bonchev–Trinajstić information content (AvgIpc) is 2.31. The fourth-order valence-corrected chi connectivity index (χ4v) is 2.28. The van der Waals surface area contributed by atoms with E-state index in [0.717, 1.165) is 23.9 Å². The molecule has 18 heavy (non-hydrogen) atoms.